The van der Waals surface area contributed by atoms with Crippen molar-refractivity contribution in [3.8, 4) is 0 Å². The molecule has 0 aliphatic rings. The molecular weight excluding hydrogens is 239 g/mol. The Morgan fingerprint density at radius 3 is 2.37 bits per heavy atom. The SMILES string of the molecule is Cc1cc(N)c(NCc2ccc(F)c(C)c2)cc1C. The molecule has 0 heterocycles. The van der Waals surface area contributed by atoms with Crippen molar-refractivity contribution in [1.82, 2.24) is 0 Å². The van der Waals surface area contributed by atoms with Gasteiger partial charge in [0.1, 0.15) is 5.82 Å². The van der Waals surface area contributed by atoms with E-state index < -0.39 is 0 Å². The molecule has 0 aliphatic heterocycles. The number of hydrogen-bond donors (Lipinski definition) is 2. The van der Waals surface area contributed by atoms with E-state index in [1.54, 1.807) is 13.0 Å². The smallest absolute Gasteiger partial charge is 0.126 e. The minimum atomic E-state index is -0.172. The van der Waals surface area contributed by atoms with Crippen molar-refractivity contribution in [2.75, 3.05) is 11.1 Å². The molecule has 0 radical (unpaired) electrons. The van der Waals surface area contributed by atoms with Gasteiger partial charge in [-0.2, -0.15) is 0 Å². The van der Waals surface area contributed by atoms with Gasteiger partial charge < -0.3 is 11.1 Å². The largest absolute Gasteiger partial charge is 0.397 e. The Labute approximate surface area is 113 Å². The molecule has 0 fully saturated rings. The number of hydrogen-bond acceptors (Lipinski definition) is 2. The van der Waals surface area contributed by atoms with Gasteiger partial charge in [-0.15, -0.1) is 0 Å². The maximum absolute atomic E-state index is 13.2. The van der Waals surface area contributed by atoms with Gasteiger partial charge in [-0.1, -0.05) is 12.1 Å². The second-order valence-corrected chi connectivity index (χ2v) is 4.96. The fourth-order valence-electron chi connectivity index (χ4n) is 2.01. The van der Waals surface area contributed by atoms with E-state index in [1.807, 2.05) is 25.1 Å². The number of benzene rings is 2. The zero-order valence-corrected chi connectivity index (χ0v) is 11.5. The summed E-state index contributed by atoms with van der Waals surface area (Å²) < 4.78 is 13.2. The molecule has 19 heavy (non-hydrogen) atoms. The maximum atomic E-state index is 13.2. The third kappa shape index (κ3) is 3.05. The molecule has 0 aromatic heterocycles. The van der Waals surface area contributed by atoms with Crippen LogP contribution in [-0.4, -0.2) is 0 Å². The molecule has 0 aliphatic carbocycles. The van der Waals surface area contributed by atoms with E-state index in [4.69, 9.17) is 5.73 Å². The highest BCUT2D eigenvalue weighted by Gasteiger charge is 2.03. The Morgan fingerprint density at radius 1 is 1.00 bits per heavy atom. The molecule has 2 nitrogen and oxygen atoms in total. The lowest BCUT2D eigenvalue weighted by molar-refractivity contribution is 0.617. The summed E-state index contributed by atoms with van der Waals surface area (Å²) in [6.07, 6.45) is 0. The van der Waals surface area contributed by atoms with Crippen LogP contribution in [0.1, 0.15) is 22.3 Å². The zero-order chi connectivity index (χ0) is 14.0. The van der Waals surface area contributed by atoms with Crippen LogP contribution in [0.25, 0.3) is 0 Å². The van der Waals surface area contributed by atoms with Crippen molar-refractivity contribution in [2.45, 2.75) is 27.3 Å². The highest BCUT2D eigenvalue weighted by Crippen LogP contribution is 2.23. The summed E-state index contributed by atoms with van der Waals surface area (Å²) in [5, 5.41) is 3.30. The summed E-state index contributed by atoms with van der Waals surface area (Å²) in [5.74, 6) is -0.172. The van der Waals surface area contributed by atoms with Crippen molar-refractivity contribution in [1.29, 1.82) is 0 Å². The fraction of sp³-hybridized carbons (Fsp3) is 0.250. The van der Waals surface area contributed by atoms with Gasteiger partial charge in [0, 0.05) is 6.54 Å². The van der Waals surface area contributed by atoms with Crippen LogP contribution < -0.4 is 11.1 Å². The monoisotopic (exact) mass is 258 g/mol. The summed E-state index contributed by atoms with van der Waals surface area (Å²) >= 11 is 0. The normalized spacial score (nSPS) is 10.5. The van der Waals surface area contributed by atoms with Crippen molar-refractivity contribution >= 4 is 11.4 Å². The highest BCUT2D eigenvalue weighted by atomic mass is 19.1. The standard InChI is InChI=1S/C16H19FN2/c1-10-7-15(18)16(8-11(10)2)19-9-13-4-5-14(17)12(3)6-13/h4-8,19H,9,18H2,1-3H3. The number of anilines is 2. The number of nitrogen functional groups attached to an aromatic ring is 1. The second-order valence-electron chi connectivity index (χ2n) is 4.96. The molecule has 100 valence electrons. The van der Waals surface area contributed by atoms with Crippen LogP contribution in [0.4, 0.5) is 15.8 Å². The molecule has 0 saturated heterocycles. The van der Waals surface area contributed by atoms with Crippen molar-refractivity contribution in [3.05, 3.63) is 58.4 Å². The van der Waals surface area contributed by atoms with E-state index in [0.29, 0.717) is 12.1 Å². The third-order valence-corrected chi connectivity index (χ3v) is 3.37. The molecule has 2 aromatic carbocycles. The van der Waals surface area contributed by atoms with E-state index in [-0.39, 0.29) is 5.82 Å². The molecule has 0 atom stereocenters. The number of nitrogens with two attached hydrogens (primary N) is 1. The number of halogens is 1. The summed E-state index contributed by atoms with van der Waals surface area (Å²) in [6.45, 7) is 6.50. The predicted octanol–water partition coefficient (Wildman–Crippen LogP) is 3.95. The van der Waals surface area contributed by atoms with Crippen LogP contribution in [0.3, 0.4) is 0 Å². The lowest BCUT2D eigenvalue weighted by atomic mass is 10.1. The zero-order valence-electron chi connectivity index (χ0n) is 11.5. The molecule has 3 heteroatoms. The molecule has 2 rings (SSSR count). The fourth-order valence-corrected chi connectivity index (χ4v) is 2.01. The number of nitrogens with one attached hydrogen (secondary N) is 1. The summed E-state index contributed by atoms with van der Waals surface area (Å²) in [4.78, 5) is 0. The average Bonchev–Trinajstić information content (AvgIpc) is 2.36. The number of aryl methyl sites for hydroxylation is 3. The van der Waals surface area contributed by atoms with Gasteiger partial charge in [-0.05, 0) is 61.2 Å². The van der Waals surface area contributed by atoms with Crippen LogP contribution in [0.15, 0.2) is 30.3 Å². The van der Waals surface area contributed by atoms with Gasteiger partial charge in [-0.3, -0.25) is 0 Å². The van der Waals surface area contributed by atoms with Gasteiger partial charge in [0.15, 0.2) is 0 Å². The van der Waals surface area contributed by atoms with E-state index in [0.717, 1.165) is 16.9 Å². The quantitative estimate of drug-likeness (QED) is 0.818. The Bertz CT molecular complexity index is 606. The molecule has 0 bridgehead atoms. The lowest BCUT2D eigenvalue weighted by Gasteiger charge is -2.12. The Morgan fingerprint density at radius 2 is 1.68 bits per heavy atom. The van der Waals surface area contributed by atoms with E-state index >= 15 is 0 Å². The lowest BCUT2D eigenvalue weighted by Crippen LogP contribution is -2.04. The first-order valence-corrected chi connectivity index (χ1v) is 6.33. The number of rotatable bonds is 3. The van der Waals surface area contributed by atoms with Crippen LogP contribution >= 0.6 is 0 Å². The van der Waals surface area contributed by atoms with E-state index in [1.165, 1.54) is 17.2 Å². The first-order chi connectivity index (χ1) is 8.97. The Balaban J connectivity index is 2.14. The highest BCUT2D eigenvalue weighted by molar-refractivity contribution is 5.68. The van der Waals surface area contributed by atoms with Gasteiger partial charge >= 0.3 is 0 Å². The van der Waals surface area contributed by atoms with Crippen LogP contribution in [0.2, 0.25) is 0 Å². The van der Waals surface area contributed by atoms with Gasteiger partial charge in [-0.25, -0.2) is 4.39 Å². The van der Waals surface area contributed by atoms with Crippen molar-refractivity contribution in [3.63, 3.8) is 0 Å². The molecule has 0 amide bonds. The molecule has 2 aromatic rings. The van der Waals surface area contributed by atoms with Crippen LogP contribution in [-0.2, 0) is 6.54 Å². The minimum absolute atomic E-state index is 0.172. The Kier molecular flexibility index (Phi) is 3.74. The summed E-state index contributed by atoms with van der Waals surface area (Å²) in [5.41, 5.74) is 11.7. The van der Waals surface area contributed by atoms with Gasteiger partial charge in [0.05, 0.1) is 11.4 Å². The molecule has 0 saturated carbocycles. The van der Waals surface area contributed by atoms with Crippen molar-refractivity contribution < 1.29 is 4.39 Å². The minimum Gasteiger partial charge on any atom is -0.397 e. The van der Waals surface area contributed by atoms with Gasteiger partial charge in [0.2, 0.25) is 0 Å². The molecule has 3 N–H and O–H groups in total. The average molecular weight is 258 g/mol. The Hall–Kier alpha value is -2.03. The van der Waals surface area contributed by atoms with E-state index in [2.05, 4.69) is 12.2 Å². The topological polar surface area (TPSA) is 38.0 Å². The van der Waals surface area contributed by atoms with Gasteiger partial charge in [0.25, 0.3) is 0 Å². The maximum Gasteiger partial charge on any atom is 0.126 e. The molecule has 0 spiro atoms. The van der Waals surface area contributed by atoms with Crippen LogP contribution in [0.5, 0.6) is 0 Å². The van der Waals surface area contributed by atoms with Crippen molar-refractivity contribution in [2.24, 2.45) is 0 Å². The second kappa shape index (κ2) is 5.31. The van der Waals surface area contributed by atoms with E-state index in [9.17, 15) is 4.39 Å². The summed E-state index contributed by atoms with van der Waals surface area (Å²) in [6, 6.07) is 9.14. The molecular formula is C16H19FN2. The third-order valence-electron chi connectivity index (χ3n) is 3.37. The summed E-state index contributed by atoms with van der Waals surface area (Å²) in [7, 11) is 0. The molecule has 0 unspecified atom stereocenters. The first-order valence-electron chi connectivity index (χ1n) is 6.33. The van der Waals surface area contributed by atoms with Crippen LogP contribution in [0, 0.1) is 26.6 Å². The predicted molar refractivity (Wildman–Crippen MR) is 78.8 cm³/mol. The first kappa shape index (κ1) is 13.4.